The Bertz CT molecular complexity index is 1140. The minimum absolute atomic E-state index is 0.683. The van der Waals surface area contributed by atoms with Crippen LogP contribution in [0, 0.1) is 0 Å². The molecule has 4 fully saturated rings. The van der Waals surface area contributed by atoms with Crippen molar-refractivity contribution in [3.8, 4) is 0 Å². The molecule has 0 unspecified atom stereocenters. The zero-order chi connectivity index (χ0) is 37.9. The molecule has 23 heteroatoms. The van der Waals surface area contributed by atoms with Crippen molar-refractivity contribution >= 4 is 11.8 Å². The molecule has 51 heavy (non-hydrogen) atoms. The number of aliphatic hydroxyl groups excluding tert-OH is 12. The van der Waals surface area contributed by atoms with Crippen LogP contribution in [-0.2, 0) is 42.7 Å². The third-order valence-corrected chi connectivity index (χ3v) is 9.01. The average molecular weight is 749 g/mol. The number of carbonyl (C=O) groups is 2. The largest absolute Gasteiger partial charge is 0.394 e. The Morgan fingerprint density at radius 1 is 0.471 bits per heavy atom. The SMILES string of the molecule is CC(=O)N[C@H]1[C@H](O[C@@H]2[C@H](O)[C@@H](O)[C@H](O[C@H]3[C@@H](O)[C@@H](CO)O[C@@H](O[C@@H]4[C@H](O)[C@@H](O)[C@H](O)O[C@@H]4CO)[C@@H]3NC(C)=O)O[C@@H]2CO)O[C@H](CO)[C@H](O)[C@@H]1O. The Hall–Kier alpha value is -1.82. The van der Waals surface area contributed by atoms with Gasteiger partial charge in [-0.1, -0.05) is 0 Å². The molecule has 0 bridgehead atoms. The van der Waals surface area contributed by atoms with Crippen molar-refractivity contribution in [1.29, 1.82) is 0 Å². The van der Waals surface area contributed by atoms with Gasteiger partial charge in [-0.3, -0.25) is 9.59 Å². The van der Waals surface area contributed by atoms with Crippen LogP contribution >= 0.6 is 0 Å². The van der Waals surface area contributed by atoms with E-state index < -0.39 is 161 Å². The van der Waals surface area contributed by atoms with Gasteiger partial charge >= 0.3 is 0 Å². The van der Waals surface area contributed by atoms with Gasteiger partial charge < -0.3 is 105 Å². The molecule has 4 heterocycles. The Kier molecular flexibility index (Phi) is 14.8. The predicted molar refractivity (Wildman–Crippen MR) is 157 cm³/mol. The topological polar surface area (TPSA) is 366 Å². The summed E-state index contributed by atoms with van der Waals surface area (Å²) in [5, 5.41) is 129. The highest BCUT2D eigenvalue weighted by Crippen LogP contribution is 2.34. The molecule has 4 saturated heterocycles. The molecule has 296 valence electrons. The number of nitrogens with one attached hydrogen (secondary N) is 2. The first-order valence-corrected chi connectivity index (χ1v) is 16.1. The van der Waals surface area contributed by atoms with Crippen molar-refractivity contribution in [2.24, 2.45) is 0 Å². The third-order valence-electron chi connectivity index (χ3n) is 9.01. The highest BCUT2D eigenvalue weighted by Gasteiger charge is 2.55. The van der Waals surface area contributed by atoms with Crippen LogP contribution in [0.2, 0.25) is 0 Å². The number of rotatable bonds is 12. The van der Waals surface area contributed by atoms with E-state index in [4.69, 9.17) is 33.2 Å². The Labute approximate surface area is 289 Å². The van der Waals surface area contributed by atoms with E-state index in [1.54, 1.807) is 0 Å². The van der Waals surface area contributed by atoms with Crippen LogP contribution in [0.4, 0.5) is 0 Å². The molecule has 4 aliphatic rings. The number of ether oxygens (including phenoxy) is 7. The van der Waals surface area contributed by atoms with Crippen LogP contribution in [0.15, 0.2) is 0 Å². The maximum Gasteiger partial charge on any atom is 0.217 e. The summed E-state index contributed by atoms with van der Waals surface area (Å²) in [6.07, 6.45) is -31.4. The van der Waals surface area contributed by atoms with E-state index in [1.165, 1.54) is 0 Å². The lowest BCUT2D eigenvalue weighted by Gasteiger charge is -2.50. The van der Waals surface area contributed by atoms with Crippen molar-refractivity contribution < 1.29 is 104 Å². The minimum atomic E-state index is -2.08. The summed E-state index contributed by atoms with van der Waals surface area (Å²) in [7, 11) is 0. The second-order valence-corrected chi connectivity index (χ2v) is 12.6. The monoisotopic (exact) mass is 748 g/mol. The first-order chi connectivity index (χ1) is 24.1. The number of carbonyl (C=O) groups excluding carboxylic acids is 2. The van der Waals surface area contributed by atoms with Gasteiger partial charge in [0.05, 0.1) is 26.4 Å². The fraction of sp³-hybridized carbons (Fsp3) is 0.929. The van der Waals surface area contributed by atoms with E-state index in [2.05, 4.69) is 10.6 Å². The smallest absolute Gasteiger partial charge is 0.217 e. The molecule has 0 radical (unpaired) electrons. The van der Waals surface area contributed by atoms with E-state index in [-0.39, 0.29) is 0 Å². The van der Waals surface area contributed by atoms with Crippen molar-refractivity contribution in [1.82, 2.24) is 10.6 Å². The average Bonchev–Trinajstić information content (AvgIpc) is 3.09. The van der Waals surface area contributed by atoms with E-state index in [9.17, 15) is 70.9 Å². The summed E-state index contributed by atoms with van der Waals surface area (Å²) in [4.78, 5) is 24.1. The molecule has 14 N–H and O–H groups in total. The van der Waals surface area contributed by atoms with Crippen molar-refractivity contribution in [2.75, 3.05) is 26.4 Å². The van der Waals surface area contributed by atoms with Crippen LogP contribution in [0.25, 0.3) is 0 Å². The Morgan fingerprint density at radius 2 is 0.882 bits per heavy atom. The Balaban J connectivity index is 1.58. The molecule has 0 aliphatic carbocycles. The molecule has 20 atom stereocenters. The van der Waals surface area contributed by atoms with Crippen LogP contribution in [0.1, 0.15) is 13.8 Å². The van der Waals surface area contributed by atoms with Crippen LogP contribution < -0.4 is 10.6 Å². The fourth-order valence-corrected chi connectivity index (χ4v) is 6.35. The predicted octanol–water partition coefficient (Wildman–Crippen LogP) is -9.46. The van der Waals surface area contributed by atoms with E-state index >= 15 is 0 Å². The lowest BCUT2D eigenvalue weighted by atomic mass is 9.94. The minimum Gasteiger partial charge on any atom is -0.394 e. The van der Waals surface area contributed by atoms with Crippen molar-refractivity contribution in [3.05, 3.63) is 0 Å². The zero-order valence-electron chi connectivity index (χ0n) is 27.4. The summed E-state index contributed by atoms with van der Waals surface area (Å²) in [6.45, 7) is -1.29. The van der Waals surface area contributed by atoms with Gasteiger partial charge in [0, 0.05) is 13.8 Å². The standard InChI is InChI=1S/C28H48N2O21/c1-7(35)29-13-17(39)15(37)9(3-31)46-26(13)49-23-12(6-34)48-28(21(43)19(23)41)51-24-14(30-8(2)36)27(47-10(4-32)16(24)38)50-22-11(5-33)45-25(44)20(42)18(22)40/h9-28,31-34,37-44H,3-6H2,1-2H3,(H,29,35)(H,30,36)/t9-,10-,11-,12-,13-,14-,15+,16+,17-,18-,19-,20-,21-,22+,23+,24-,25-,26+,27+,28+/m1/s1. The van der Waals surface area contributed by atoms with Gasteiger partial charge in [-0.15, -0.1) is 0 Å². The molecular weight excluding hydrogens is 700 g/mol. The Morgan fingerprint density at radius 3 is 1.39 bits per heavy atom. The summed E-state index contributed by atoms with van der Waals surface area (Å²) < 4.78 is 39.3. The molecule has 0 aromatic rings. The summed E-state index contributed by atoms with van der Waals surface area (Å²) in [5.74, 6) is -1.44. The van der Waals surface area contributed by atoms with Gasteiger partial charge in [0.15, 0.2) is 25.2 Å². The molecular formula is C28H48N2O21. The first-order valence-electron chi connectivity index (χ1n) is 16.1. The normalized spacial score (nSPS) is 47.8. The van der Waals surface area contributed by atoms with Crippen LogP contribution in [-0.4, -0.2) is 222 Å². The molecule has 0 aromatic heterocycles. The van der Waals surface area contributed by atoms with Crippen molar-refractivity contribution in [3.63, 3.8) is 0 Å². The maximum atomic E-state index is 12.3. The molecule has 0 aromatic carbocycles. The highest BCUT2D eigenvalue weighted by atomic mass is 16.8. The number of hydrogen-bond acceptors (Lipinski definition) is 21. The second kappa shape index (κ2) is 18.0. The summed E-state index contributed by atoms with van der Waals surface area (Å²) in [5.41, 5.74) is 0. The quantitative estimate of drug-likeness (QED) is 0.0881. The lowest BCUT2D eigenvalue weighted by molar-refractivity contribution is -0.374. The zero-order valence-corrected chi connectivity index (χ0v) is 27.4. The molecule has 0 spiro atoms. The van der Waals surface area contributed by atoms with Gasteiger partial charge in [0.25, 0.3) is 0 Å². The molecule has 4 rings (SSSR count). The molecule has 2 amide bonds. The van der Waals surface area contributed by atoms with E-state index in [1.807, 2.05) is 0 Å². The first kappa shape index (κ1) is 41.9. The fourth-order valence-electron chi connectivity index (χ4n) is 6.35. The van der Waals surface area contributed by atoms with Gasteiger partial charge in [0.2, 0.25) is 11.8 Å². The van der Waals surface area contributed by atoms with E-state index in [0.717, 1.165) is 13.8 Å². The van der Waals surface area contributed by atoms with Gasteiger partial charge in [-0.05, 0) is 0 Å². The molecule has 4 aliphatic heterocycles. The molecule has 23 nitrogen and oxygen atoms in total. The summed E-state index contributed by atoms with van der Waals surface area (Å²) >= 11 is 0. The van der Waals surface area contributed by atoms with Gasteiger partial charge in [-0.25, -0.2) is 0 Å². The van der Waals surface area contributed by atoms with Crippen LogP contribution in [0.3, 0.4) is 0 Å². The number of amides is 2. The third kappa shape index (κ3) is 9.11. The lowest BCUT2D eigenvalue weighted by Crippen LogP contribution is -2.70. The van der Waals surface area contributed by atoms with Gasteiger partial charge in [-0.2, -0.15) is 0 Å². The van der Waals surface area contributed by atoms with Gasteiger partial charge in [0.1, 0.15) is 97.5 Å². The summed E-state index contributed by atoms with van der Waals surface area (Å²) in [6, 6.07) is -3.05. The number of hydrogen-bond donors (Lipinski definition) is 14. The van der Waals surface area contributed by atoms with Crippen LogP contribution in [0.5, 0.6) is 0 Å². The molecule has 0 saturated carbocycles. The maximum absolute atomic E-state index is 12.3. The van der Waals surface area contributed by atoms with E-state index in [0.29, 0.717) is 0 Å². The highest BCUT2D eigenvalue weighted by molar-refractivity contribution is 5.73. The number of aliphatic hydroxyl groups is 12. The second-order valence-electron chi connectivity index (χ2n) is 12.6. The van der Waals surface area contributed by atoms with Crippen molar-refractivity contribution in [2.45, 2.75) is 137 Å².